The Morgan fingerprint density at radius 2 is 1.95 bits per heavy atom. The number of nitrogens with one attached hydrogen (secondary N) is 2. The lowest BCUT2D eigenvalue weighted by Gasteiger charge is -2.15. The minimum Gasteiger partial charge on any atom is -0.346 e. The smallest absolute Gasteiger partial charge is 0.243 e. The fourth-order valence-corrected chi connectivity index (χ4v) is 1.87. The lowest BCUT2D eigenvalue weighted by molar-refractivity contribution is -0.125. The standard InChI is InChI=1S/C14H20BrN3O2.ClH/c1-8(2)13(16)14(20)17-7-12(19)18-11-6-10(15)5-4-9(11)3;/h4-6,8,13H,7,16H2,1-3H3,(H,17,20)(H,18,19);1H/t13-;/m0./s1. The minimum absolute atomic E-state index is 0. The van der Waals surface area contributed by atoms with Crippen LogP contribution in [-0.2, 0) is 9.59 Å². The molecule has 0 unspecified atom stereocenters. The molecule has 0 aliphatic heterocycles. The van der Waals surface area contributed by atoms with Crippen LogP contribution in [0.5, 0.6) is 0 Å². The Labute approximate surface area is 139 Å². The predicted octanol–water partition coefficient (Wildman–Crippen LogP) is 2.22. The molecule has 0 spiro atoms. The molecule has 4 N–H and O–H groups in total. The first-order chi connectivity index (χ1) is 9.31. The molecule has 5 nitrogen and oxygen atoms in total. The SMILES string of the molecule is Cc1ccc(Br)cc1NC(=O)CNC(=O)[C@@H](N)C(C)C.Cl. The Morgan fingerprint density at radius 3 is 2.52 bits per heavy atom. The maximum Gasteiger partial charge on any atom is 0.243 e. The van der Waals surface area contributed by atoms with Crippen LogP contribution in [0.4, 0.5) is 5.69 Å². The molecule has 0 aliphatic rings. The molecule has 118 valence electrons. The number of carbonyl (C=O) groups is 2. The number of nitrogens with two attached hydrogens (primary N) is 1. The Kier molecular flexibility index (Phi) is 8.54. The first-order valence-electron chi connectivity index (χ1n) is 6.40. The van der Waals surface area contributed by atoms with Gasteiger partial charge >= 0.3 is 0 Å². The maximum atomic E-state index is 11.8. The van der Waals surface area contributed by atoms with Crippen molar-refractivity contribution in [1.82, 2.24) is 5.32 Å². The second kappa shape index (κ2) is 9.02. The van der Waals surface area contributed by atoms with E-state index in [1.165, 1.54) is 0 Å². The van der Waals surface area contributed by atoms with Crippen molar-refractivity contribution in [2.75, 3.05) is 11.9 Å². The van der Waals surface area contributed by atoms with Crippen LogP contribution in [0, 0.1) is 12.8 Å². The summed E-state index contributed by atoms with van der Waals surface area (Å²) in [5.74, 6) is -0.568. The predicted molar refractivity (Wildman–Crippen MR) is 90.6 cm³/mol. The van der Waals surface area contributed by atoms with Crippen molar-refractivity contribution in [3.8, 4) is 0 Å². The van der Waals surface area contributed by atoms with Crippen molar-refractivity contribution < 1.29 is 9.59 Å². The van der Waals surface area contributed by atoms with Gasteiger partial charge in [-0.25, -0.2) is 0 Å². The van der Waals surface area contributed by atoms with Crippen molar-refractivity contribution in [3.63, 3.8) is 0 Å². The summed E-state index contributed by atoms with van der Waals surface area (Å²) < 4.78 is 0.879. The van der Waals surface area contributed by atoms with E-state index in [0.29, 0.717) is 5.69 Å². The second-order valence-corrected chi connectivity index (χ2v) is 5.91. The number of benzene rings is 1. The van der Waals surface area contributed by atoms with Crippen LogP contribution in [0.1, 0.15) is 19.4 Å². The lowest BCUT2D eigenvalue weighted by Crippen LogP contribution is -2.46. The van der Waals surface area contributed by atoms with Gasteiger partial charge < -0.3 is 16.4 Å². The molecule has 0 saturated carbocycles. The van der Waals surface area contributed by atoms with E-state index >= 15 is 0 Å². The Balaban J connectivity index is 0.00000400. The van der Waals surface area contributed by atoms with E-state index in [2.05, 4.69) is 26.6 Å². The first-order valence-corrected chi connectivity index (χ1v) is 7.20. The molecule has 1 aromatic rings. The molecular weight excluding hydrogens is 358 g/mol. The number of hydrogen-bond donors (Lipinski definition) is 3. The zero-order valence-corrected chi connectivity index (χ0v) is 14.7. The summed E-state index contributed by atoms with van der Waals surface area (Å²) in [4.78, 5) is 23.4. The van der Waals surface area contributed by atoms with Crippen LogP contribution in [0.25, 0.3) is 0 Å². The molecule has 0 fully saturated rings. The zero-order valence-electron chi connectivity index (χ0n) is 12.3. The second-order valence-electron chi connectivity index (χ2n) is 5.00. The van der Waals surface area contributed by atoms with Gasteiger partial charge in [-0.15, -0.1) is 12.4 Å². The van der Waals surface area contributed by atoms with Gasteiger partial charge in [-0.1, -0.05) is 35.8 Å². The van der Waals surface area contributed by atoms with Gasteiger partial charge in [0.05, 0.1) is 12.6 Å². The van der Waals surface area contributed by atoms with Crippen LogP contribution in [0.3, 0.4) is 0 Å². The quantitative estimate of drug-likeness (QED) is 0.734. The molecule has 0 radical (unpaired) electrons. The summed E-state index contributed by atoms with van der Waals surface area (Å²) in [5, 5.41) is 5.28. The van der Waals surface area contributed by atoms with Crippen LogP contribution in [-0.4, -0.2) is 24.4 Å². The lowest BCUT2D eigenvalue weighted by atomic mass is 10.1. The molecular formula is C14H21BrClN3O2. The highest BCUT2D eigenvalue weighted by Gasteiger charge is 2.17. The molecule has 1 atom stereocenters. The third-order valence-corrected chi connectivity index (χ3v) is 3.41. The van der Waals surface area contributed by atoms with E-state index in [9.17, 15) is 9.59 Å². The number of amides is 2. The molecule has 7 heteroatoms. The topological polar surface area (TPSA) is 84.2 Å². The molecule has 2 amide bonds. The molecule has 1 rings (SSSR count). The van der Waals surface area contributed by atoms with Crippen LogP contribution >= 0.6 is 28.3 Å². The summed E-state index contributed by atoms with van der Waals surface area (Å²) in [6, 6.07) is 5.01. The van der Waals surface area contributed by atoms with Crippen molar-refractivity contribution in [1.29, 1.82) is 0 Å². The first kappa shape index (κ1) is 19.9. The largest absolute Gasteiger partial charge is 0.346 e. The van der Waals surface area contributed by atoms with Gasteiger partial charge in [-0.05, 0) is 30.5 Å². The van der Waals surface area contributed by atoms with E-state index in [1.807, 2.05) is 39.0 Å². The normalized spacial score (nSPS) is 11.5. The van der Waals surface area contributed by atoms with Gasteiger partial charge in [0.2, 0.25) is 11.8 Å². The van der Waals surface area contributed by atoms with E-state index in [1.54, 1.807) is 0 Å². The fourth-order valence-electron chi connectivity index (χ4n) is 1.51. The van der Waals surface area contributed by atoms with Gasteiger partial charge in [0.15, 0.2) is 0 Å². The van der Waals surface area contributed by atoms with Gasteiger partial charge in [-0.2, -0.15) is 0 Å². The maximum absolute atomic E-state index is 11.8. The third-order valence-electron chi connectivity index (χ3n) is 2.92. The molecule has 0 saturated heterocycles. The summed E-state index contributed by atoms with van der Waals surface area (Å²) in [7, 11) is 0. The summed E-state index contributed by atoms with van der Waals surface area (Å²) in [5.41, 5.74) is 7.36. The van der Waals surface area contributed by atoms with Crippen LogP contribution < -0.4 is 16.4 Å². The van der Waals surface area contributed by atoms with Crippen molar-refractivity contribution in [3.05, 3.63) is 28.2 Å². The highest BCUT2D eigenvalue weighted by molar-refractivity contribution is 9.10. The number of rotatable bonds is 5. The zero-order chi connectivity index (χ0) is 15.3. The number of halogens is 2. The van der Waals surface area contributed by atoms with E-state index < -0.39 is 6.04 Å². The van der Waals surface area contributed by atoms with E-state index in [4.69, 9.17) is 5.73 Å². The van der Waals surface area contributed by atoms with Gasteiger partial charge in [-0.3, -0.25) is 9.59 Å². The highest BCUT2D eigenvalue weighted by Crippen LogP contribution is 2.20. The highest BCUT2D eigenvalue weighted by atomic mass is 79.9. The summed E-state index contributed by atoms with van der Waals surface area (Å²) >= 11 is 3.35. The minimum atomic E-state index is -0.601. The van der Waals surface area contributed by atoms with Crippen LogP contribution in [0.15, 0.2) is 22.7 Å². The van der Waals surface area contributed by atoms with Gasteiger partial charge in [0.25, 0.3) is 0 Å². The fraction of sp³-hybridized carbons (Fsp3) is 0.429. The number of carbonyl (C=O) groups excluding carboxylic acids is 2. The molecule has 0 heterocycles. The van der Waals surface area contributed by atoms with Crippen molar-refractivity contribution >= 4 is 45.8 Å². The molecule has 1 aromatic carbocycles. The monoisotopic (exact) mass is 377 g/mol. The number of hydrogen-bond acceptors (Lipinski definition) is 3. The average molecular weight is 379 g/mol. The molecule has 0 aliphatic carbocycles. The van der Waals surface area contributed by atoms with Crippen molar-refractivity contribution in [2.45, 2.75) is 26.8 Å². The van der Waals surface area contributed by atoms with Gasteiger partial charge in [0, 0.05) is 10.2 Å². The third kappa shape index (κ3) is 6.46. The van der Waals surface area contributed by atoms with E-state index in [-0.39, 0.29) is 36.7 Å². The number of aryl methyl sites for hydroxylation is 1. The van der Waals surface area contributed by atoms with E-state index in [0.717, 1.165) is 10.0 Å². The van der Waals surface area contributed by atoms with Crippen LogP contribution in [0.2, 0.25) is 0 Å². The molecule has 0 bridgehead atoms. The number of anilines is 1. The summed E-state index contributed by atoms with van der Waals surface area (Å²) in [6.07, 6.45) is 0. The Hall–Kier alpha value is -1.11. The van der Waals surface area contributed by atoms with Gasteiger partial charge in [0.1, 0.15) is 0 Å². The Bertz CT molecular complexity index is 509. The molecule has 0 aromatic heterocycles. The molecule has 21 heavy (non-hydrogen) atoms. The van der Waals surface area contributed by atoms with Crippen molar-refractivity contribution in [2.24, 2.45) is 11.7 Å². The average Bonchev–Trinajstić information content (AvgIpc) is 2.39. The summed E-state index contributed by atoms with van der Waals surface area (Å²) in [6.45, 7) is 5.52. The Morgan fingerprint density at radius 1 is 1.33 bits per heavy atom.